The molecule has 1 fully saturated rings. The molecule has 1 amide bonds. The zero-order valence-electron chi connectivity index (χ0n) is 10.5. The number of carboxylic acids is 1. The highest BCUT2D eigenvalue weighted by Crippen LogP contribution is 2.29. The summed E-state index contributed by atoms with van der Waals surface area (Å²) in [5.74, 6) is 0.163. The van der Waals surface area contributed by atoms with Gasteiger partial charge in [0.25, 0.3) is 5.91 Å². The summed E-state index contributed by atoms with van der Waals surface area (Å²) in [5, 5.41) is 12.0. The summed E-state index contributed by atoms with van der Waals surface area (Å²) in [4.78, 5) is 23.6. The van der Waals surface area contributed by atoms with Crippen LogP contribution >= 0.6 is 11.8 Å². The number of amides is 1. The SMILES string of the molecule is COc1ccccc1C(=O)NC1(C(=O)O)CCSC1. The number of rotatable bonds is 4. The quantitative estimate of drug-likeness (QED) is 0.872. The van der Waals surface area contributed by atoms with Gasteiger partial charge in [0.05, 0.1) is 12.7 Å². The third-order valence-corrected chi connectivity index (χ3v) is 4.33. The third-order valence-electron chi connectivity index (χ3n) is 3.14. The van der Waals surface area contributed by atoms with Gasteiger partial charge in [0, 0.05) is 5.75 Å². The van der Waals surface area contributed by atoms with Crippen LogP contribution < -0.4 is 10.1 Å². The molecule has 0 aliphatic carbocycles. The summed E-state index contributed by atoms with van der Waals surface area (Å²) >= 11 is 1.53. The molecule has 0 radical (unpaired) electrons. The Morgan fingerprint density at radius 2 is 2.16 bits per heavy atom. The molecule has 6 heteroatoms. The highest BCUT2D eigenvalue weighted by Gasteiger charge is 2.43. The Morgan fingerprint density at radius 3 is 2.74 bits per heavy atom. The predicted octanol–water partition coefficient (Wildman–Crippen LogP) is 1.39. The predicted molar refractivity (Wildman–Crippen MR) is 72.8 cm³/mol. The zero-order chi connectivity index (χ0) is 13.9. The number of hydrogen-bond donors (Lipinski definition) is 2. The van der Waals surface area contributed by atoms with E-state index in [-0.39, 0.29) is 0 Å². The van der Waals surface area contributed by atoms with E-state index in [0.29, 0.717) is 23.5 Å². The van der Waals surface area contributed by atoms with Crippen LogP contribution in [0.1, 0.15) is 16.8 Å². The molecular weight excluding hydrogens is 266 g/mol. The lowest BCUT2D eigenvalue weighted by atomic mass is 9.98. The van der Waals surface area contributed by atoms with Gasteiger partial charge in [0.2, 0.25) is 0 Å². The Balaban J connectivity index is 2.23. The molecule has 102 valence electrons. The first-order chi connectivity index (χ1) is 9.09. The van der Waals surface area contributed by atoms with Crippen molar-refractivity contribution < 1.29 is 19.4 Å². The average molecular weight is 281 g/mol. The molecule has 1 aromatic carbocycles. The Morgan fingerprint density at radius 1 is 1.42 bits per heavy atom. The van der Waals surface area contributed by atoms with Crippen LogP contribution in [0, 0.1) is 0 Å². The van der Waals surface area contributed by atoms with Crippen LogP contribution in [0.5, 0.6) is 5.75 Å². The van der Waals surface area contributed by atoms with Gasteiger partial charge in [-0.05, 0) is 24.3 Å². The number of hydrogen-bond acceptors (Lipinski definition) is 4. The average Bonchev–Trinajstić information content (AvgIpc) is 2.88. The topological polar surface area (TPSA) is 75.6 Å². The summed E-state index contributed by atoms with van der Waals surface area (Å²) in [5.41, 5.74) is -0.815. The molecule has 1 unspecified atom stereocenters. The van der Waals surface area contributed by atoms with Gasteiger partial charge in [-0.3, -0.25) is 4.79 Å². The van der Waals surface area contributed by atoms with Gasteiger partial charge >= 0.3 is 5.97 Å². The molecule has 2 N–H and O–H groups in total. The number of aliphatic carboxylic acids is 1. The van der Waals surface area contributed by atoms with E-state index in [1.807, 2.05) is 0 Å². The van der Waals surface area contributed by atoms with Crippen molar-refractivity contribution in [3.05, 3.63) is 29.8 Å². The number of thioether (sulfide) groups is 1. The van der Waals surface area contributed by atoms with Gasteiger partial charge in [-0.25, -0.2) is 4.79 Å². The number of nitrogens with one attached hydrogen (secondary N) is 1. The van der Waals surface area contributed by atoms with E-state index in [9.17, 15) is 14.7 Å². The number of carbonyl (C=O) groups excluding carboxylic acids is 1. The molecule has 0 spiro atoms. The fraction of sp³-hybridized carbons (Fsp3) is 0.385. The van der Waals surface area contributed by atoms with Crippen molar-refractivity contribution in [1.29, 1.82) is 0 Å². The molecule has 1 aliphatic heterocycles. The first-order valence-electron chi connectivity index (χ1n) is 5.86. The van der Waals surface area contributed by atoms with Crippen LogP contribution in [0.3, 0.4) is 0 Å². The molecule has 1 saturated heterocycles. The maximum absolute atomic E-state index is 12.2. The maximum Gasteiger partial charge on any atom is 0.330 e. The fourth-order valence-electron chi connectivity index (χ4n) is 2.00. The smallest absolute Gasteiger partial charge is 0.330 e. The van der Waals surface area contributed by atoms with E-state index in [2.05, 4.69) is 5.32 Å². The first kappa shape index (κ1) is 13.7. The molecule has 0 aromatic heterocycles. The van der Waals surface area contributed by atoms with Crippen molar-refractivity contribution >= 4 is 23.6 Å². The summed E-state index contributed by atoms with van der Waals surface area (Å²) < 4.78 is 5.11. The van der Waals surface area contributed by atoms with E-state index in [0.717, 1.165) is 5.75 Å². The number of benzene rings is 1. The Labute approximate surface area is 115 Å². The number of carbonyl (C=O) groups is 2. The van der Waals surface area contributed by atoms with Crippen molar-refractivity contribution in [3.63, 3.8) is 0 Å². The largest absolute Gasteiger partial charge is 0.496 e. The molecule has 1 aromatic rings. The number of ether oxygens (including phenoxy) is 1. The van der Waals surface area contributed by atoms with Crippen molar-refractivity contribution in [2.24, 2.45) is 0 Å². The van der Waals surface area contributed by atoms with E-state index in [4.69, 9.17) is 4.74 Å². The standard InChI is InChI=1S/C13H15NO4S/c1-18-10-5-3-2-4-9(10)11(15)14-13(12(16)17)6-7-19-8-13/h2-5H,6-8H2,1H3,(H,14,15)(H,16,17). The zero-order valence-corrected chi connectivity index (χ0v) is 11.3. The van der Waals surface area contributed by atoms with E-state index in [1.165, 1.54) is 18.9 Å². The third kappa shape index (κ3) is 2.68. The van der Waals surface area contributed by atoms with Crippen molar-refractivity contribution in [3.8, 4) is 5.75 Å². The van der Waals surface area contributed by atoms with E-state index in [1.54, 1.807) is 24.3 Å². The number of carboxylic acid groups (broad SMARTS) is 1. The number of para-hydroxylation sites is 1. The van der Waals surface area contributed by atoms with Crippen LogP contribution in [0.2, 0.25) is 0 Å². The van der Waals surface area contributed by atoms with Crippen molar-refractivity contribution in [2.45, 2.75) is 12.0 Å². The molecule has 1 heterocycles. The second-order valence-electron chi connectivity index (χ2n) is 4.34. The minimum atomic E-state index is -1.16. The molecule has 19 heavy (non-hydrogen) atoms. The molecule has 5 nitrogen and oxygen atoms in total. The Hall–Kier alpha value is -1.69. The van der Waals surface area contributed by atoms with Crippen LogP contribution in [0.25, 0.3) is 0 Å². The molecule has 0 saturated carbocycles. The summed E-state index contributed by atoms with van der Waals surface area (Å²) in [7, 11) is 1.48. The molecule has 2 rings (SSSR count). The maximum atomic E-state index is 12.2. The highest BCUT2D eigenvalue weighted by molar-refractivity contribution is 7.99. The summed E-state index contributed by atoms with van der Waals surface area (Å²) in [6.07, 6.45) is 0.438. The monoisotopic (exact) mass is 281 g/mol. The molecule has 0 bridgehead atoms. The Bertz CT molecular complexity index is 497. The van der Waals surface area contributed by atoms with Crippen molar-refractivity contribution in [2.75, 3.05) is 18.6 Å². The summed E-state index contributed by atoms with van der Waals surface area (Å²) in [6.45, 7) is 0. The van der Waals surface area contributed by atoms with Gasteiger partial charge in [-0.15, -0.1) is 0 Å². The second kappa shape index (κ2) is 5.52. The lowest BCUT2D eigenvalue weighted by molar-refractivity contribution is -0.143. The van der Waals surface area contributed by atoms with Crippen LogP contribution in [0.4, 0.5) is 0 Å². The van der Waals surface area contributed by atoms with E-state index >= 15 is 0 Å². The van der Waals surface area contributed by atoms with E-state index < -0.39 is 17.4 Å². The van der Waals surface area contributed by atoms with Gasteiger partial charge < -0.3 is 15.2 Å². The van der Waals surface area contributed by atoms with Crippen LogP contribution in [-0.2, 0) is 4.79 Å². The first-order valence-corrected chi connectivity index (χ1v) is 7.01. The molecule has 1 atom stereocenters. The fourth-order valence-corrected chi connectivity index (χ4v) is 3.33. The normalized spacial score (nSPS) is 21.9. The van der Waals surface area contributed by atoms with Gasteiger partial charge in [-0.2, -0.15) is 11.8 Å². The van der Waals surface area contributed by atoms with Gasteiger partial charge in [-0.1, -0.05) is 12.1 Å². The van der Waals surface area contributed by atoms with Gasteiger partial charge in [0.15, 0.2) is 0 Å². The van der Waals surface area contributed by atoms with Gasteiger partial charge in [0.1, 0.15) is 11.3 Å². The van der Waals surface area contributed by atoms with Crippen LogP contribution in [0.15, 0.2) is 24.3 Å². The molecular formula is C13H15NO4S. The lowest BCUT2D eigenvalue weighted by Gasteiger charge is -2.24. The van der Waals surface area contributed by atoms with Crippen LogP contribution in [-0.4, -0.2) is 41.1 Å². The summed E-state index contributed by atoms with van der Waals surface area (Å²) in [6, 6.07) is 6.76. The molecule has 1 aliphatic rings. The Kier molecular flexibility index (Phi) is 3.99. The number of methoxy groups -OCH3 is 1. The second-order valence-corrected chi connectivity index (χ2v) is 5.45. The minimum Gasteiger partial charge on any atom is -0.496 e. The lowest BCUT2D eigenvalue weighted by Crippen LogP contribution is -2.54. The highest BCUT2D eigenvalue weighted by atomic mass is 32.2. The van der Waals surface area contributed by atoms with Crippen molar-refractivity contribution in [1.82, 2.24) is 5.32 Å². The minimum absolute atomic E-state index is 0.350.